The fourth-order valence-electron chi connectivity index (χ4n) is 12.4. The van der Waals surface area contributed by atoms with Gasteiger partial charge in [0, 0.05) is 104 Å². The van der Waals surface area contributed by atoms with Gasteiger partial charge in [-0.05, 0) is 138 Å². The Morgan fingerprint density at radius 1 is 0.930 bits per heavy atom. The summed E-state index contributed by atoms with van der Waals surface area (Å²) in [6, 6.07) is 15.3. The second-order valence-corrected chi connectivity index (χ2v) is 21.3. The summed E-state index contributed by atoms with van der Waals surface area (Å²) in [5, 5.41) is 31.1. The van der Waals surface area contributed by atoms with Gasteiger partial charge in [-0.2, -0.15) is 15.5 Å². The maximum absolute atomic E-state index is 14.8. The van der Waals surface area contributed by atoms with E-state index >= 15 is 0 Å². The molecule has 2 aliphatic carbocycles. The number of piperidine rings is 1. The first-order valence-corrected chi connectivity index (χ1v) is 25.9. The molecule has 5 aromatic rings. The number of benzene rings is 2. The van der Waals surface area contributed by atoms with Crippen LogP contribution in [0.2, 0.25) is 5.02 Å². The van der Waals surface area contributed by atoms with Crippen molar-refractivity contribution in [1.82, 2.24) is 44.9 Å². The van der Waals surface area contributed by atoms with Gasteiger partial charge in [0.15, 0.2) is 17.3 Å². The first-order chi connectivity index (χ1) is 34.4. The van der Waals surface area contributed by atoms with E-state index in [4.69, 9.17) is 26.7 Å². The third-order valence-electron chi connectivity index (χ3n) is 16.4. The number of aryl methyl sites for hydroxylation is 2. The molecule has 2 aromatic carbocycles. The minimum atomic E-state index is -2.65. The molecule has 6 aliphatic rings. The molecule has 372 valence electrons. The summed E-state index contributed by atoms with van der Waals surface area (Å²) in [5.74, 6) is 2.08. The first-order valence-electron chi connectivity index (χ1n) is 25.5. The number of nitrogens with one attached hydrogen (secondary N) is 1. The van der Waals surface area contributed by atoms with Crippen LogP contribution in [-0.2, 0) is 31.2 Å². The van der Waals surface area contributed by atoms with E-state index in [1.165, 1.54) is 5.69 Å². The van der Waals surface area contributed by atoms with Gasteiger partial charge >= 0.3 is 0 Å². The van der Waals surface area contributed by atoms with Gasteiger partial charge < -0.3 is 29.7 Å². The molecule has 1 spiro atoms. The summed E-state index contributed by atoms with van der Waals surface area (Å²) in [7, 11) is 1.79. The molecule has 7 heterocycles. The van der Waals surface area contributed by atoms with Gasteiger partial charge in [0.05, 0.1) is 35.5 Å². The van der Waals surface area contributed by atoms with Crippen molar-refractivity contribution >= 4 is 40.7 Å². The van der Waals surface area contributed by atoms with E-state index in [1.54, 1.807) is 61.4 Å². The molecule has 0 atom stereocenters. The Bertz CT molecular complexity index is 2830. The topological polar surface area (TPSA) is 154 Å². The van der Waals surface area contributed by atoms with E-state index in [2.05, 4.69) is 46.1 Å². The van der Waals surface area contributed by atoms with Crippen molar-refractivity contribution in [1.29, 1.82) is 5.26 Å². The lowest BCUT2D eigenvalue weighted by Crippen LogP contribution is -2.61. The Kier molecular flexibility index (Phi) is 13.0. The van der Waals surface area contributed by atoms with Crippen LogP contribution in [0.25, 0.3) is 11.1 Å². The van der Waals surface area contributed by atoms with Gasteiger partial charge in [-0.15, -0.1) is 10.2 Å². The zero-order valence-electron chi connectivity index (χ0n) is 40.5. The van der Waals surface area contributed by atoms with Crippen LogP contribution in [0.3, 0.4) is 0 Å². The lowest BCUT2D eigenvalue weighted by atomic mass is 9.71. The maximum atomic E-state index is 14.8. The lowest BCUT2D eigenvalue weighted by Gasteiger charge is -2.55. The average molecular weight is 988 g/mol. The van der Waals surface area contributed by atoms with E-state index in [9.17, 15) is 18.4 Å². The van der Waals surface area contributed by atoms with Crippen molar-refractivity contribution in [3.8, 4) is 22.9 Å². The van der Waals surface area contributed by atoms with E-state index < -0.39 is 6.43 Å². The van der Waals surface area contributed by atoms with Crippen LogP contribution >= 0.6 is 11.6 Å². The largest absolute Gasteiger partial charge is 0.490 e. The highest BCUT2D eigenvalue weighted by atomic mass is 35.5. The number of anilines is 3. The fourth-order valence-corrected chi connectivity index (χ4v) is 12.6. The Morgan fingerprint density at radius 3 is 2.38 bits per heavy atom. The summed E-state index contributed by atoms with van der Waals surface area (Å²) in [6.45, 7) is 7.44. The smallest absolute Gasteiger partial charge is 0.272 e. The molecule has 2 saturated heterocycles. The second kappa shape index (κ2) is 19.5. The molecular weight excluding hydrogens is 926 g/mol. The van der Waals surface area contributed by atoms with Gasteiger partial charge in [-0.3, -0.25) is 19.0 Å². The van der Waals surface area contributed by atoms with E-state index in [1.807, 2.05) is 17.0 Å². The Labute approximate surface area is 418 Å². The Morgan fingerprint density at radius 2 is 1.70 bits per heavy atom. The molecule has 4 fully saturated rings. The molecule has 18 heteroatoms. The molecule has 2 saturated carbocycles. The maximum Gasteiger partial charge on any atom is 0.272 e. The van der Waals surface area contributed by atoms with Crippen molar-refractivity contribution in [3.05, 3.63) is 93.5 Å². The predicted molar refractivity (Wildman–Crippen MR) is 265 cm³/mol. The zero-order chi connectivity index (χ0) is 49.0. The highest BCUT2D eigenvalue weighted by Gasteiger charge is 2.47. The van der Waals surface area contributed by atoms with Gasteiger partial charge in [0.2, 0.25) is 5.91 Å². The molecule has 1 N–H and O–H groups in total. The van der Waals surface area contributed by atoms with Crippen LogP contribution in [-0.4, -0.2) is 109 Å². The molecule has 3 aromatic heterocycles. The summed E-state index contributed by atoms with van der Waals surface area (Å²) < 4.78 is 39.6. The van der Waals surface area contributed by atoms with Crippen LogP contribution < -0.4 is 19.9 Å². The quantitative estimate of drug-likeness (QED) is 0.143. The molecular formula is C53H61ClF2N12O3. The van der Waals surface area contributed by atoms with E-state index in [0.717, 1.165) is 138 Å². The SMILES string of the molecule is CC(=O)N1CCc2c(c(N3CCCc4cc(-c5cnn(C)c5)c(C(F)F)cc43)nn2C2CCC(N3CCC4(CC3)CN(c3ccc(C(=O)NC5CCC(Oc6ccc(C#N)c(Cl)c6)CC5)nn3)C4)CC2)C1. The second-order valence-electron chi connectivity index (χ2n) is 20.9. The minimum Gasteiger partial charge on any atom is -0.490 e. The van der Waals surface area contributed by atoms with Gasteiger partial charge in [-0.1, -0.05) is 11.6 Å². The molecule has 15 nitrogen and oxygen atoms in total. The van der Waals surface area contributed by atoms with Crippen molar-refractivity contribution in [2.75, 3.05) is 49.1 Å². The molecule has 4 aliphatic heterocycles. The predicted octanol–water partition coefficient (Wildman–Crippen LogP) is 8.73. The number of ether oxygens (including phenoxy) is 1. The molecule has 0 radical (unpaired) electrons. The standard InChI is InChI=1S/C53H61ClF2N12O3/c1-33(69)65-21-17-47-44(30-65)51(67-20-3-4-34-24-42(36-28-58-63(2)29-36)43(50(55)56)26-48(34)67)62-68(47)39-10-8-38(9-11-39)64-22-18-53(19-23-64)31-66(32-53)49-16-15-46(60-61-49)52(70)59-37-6-13-40(14-7-37)71-41-12-5-35(27-57)45(54)25-41/h5,12,15-16,24-26,28-29,37-40,50H,3-4,6-11,13-14,17-23,30-32H2,1-2H3,(H,59,70). The lowest BCUT2D eigenvalue weighted by molar-refractivity contribution is -0.129. The van der Waals surface area contributed by atoms with Crippen LogP contribution in [0.4, 0.5) is 26.1 Å². The number of amides is 2. The third kappa shape index (κ3) is 9.45. The van der Waals surface area contributed by atoms with Crippen molar-refractivity contribution in [3.63, 3.8) is 0 Å². The van der Waals surface area contributed by atoms with Crippen LogP contribution in [0, 0.1) is 16.7 Å². The highest BCUT2D eigenvalue weighted by Crippen LogP contribution is 2.46. The van der Waals surface area contributed by atoms with Crippen LogP contribution in [0.15, 0.2) is 54.9 Å². The summed E-state index contributed by atoms with van der Waals surface area (Å²) >= 11 is 6.18. The molecule has 11 rings (SSSR count). The number of halogens is 3. The molecule has 0 bridgehead atoms. The van der Waals surface area contributed by atoms with Crippen LogP contribution in [0.5, 0.6) is 5.75 Å². The fraction of sp³-hybridized carbons (Fsp3) is 0.528. The highest BCUT2D eigenvalue weighted by molar-refractivity contribution is 6.31. The molecule has 71 heavy (non-hydrogen) atoms. The number of alkyl halides is 2. The van der Waals surface area contributed by atoms with Crippen molar-refractivity contribution in [2.24, 2.45) is 12.5 Å². The van der Waals surface area contributed by atoms with E-state index in [0.29, 0.717) is 58.8 Å². The number of rotatable bonds is 10. The number of carbonyl (C=O) groups excluding carboxylic acids is 2. The zero-order valence-corrected chi connectivity index (χ0v) is 41.3. The number of nitrogens with zero attached hydrogens (tertiary/aromatic N) is 11. The van der Waals surface area contributed by atoms with Crippen molar-refractivity contribution < 1.29 is 23.1 Å². The third-order valence-corrected chi connectivity index (χ3v) is 16.7. The van der Waals surface area contributed by atoms with Gasteiger partial charge in [0.1, 0.15) is 11.8 Å². The minimum absolute atomic E-state index is 0.00583. The number of hydrogen-bond donors (Lipinski definition) is 1. The Hall–Kier alpha value is -6.12. The van der Waals surface area contributed by atoms with Crippen LogP contribution in [0.1, 0.15) is 128 Å². The summed E-state index contributed by atoms with van der Waals surface area (Å²) in [6.07, 6.45) is 12.9. The summed E-state index contributed by atoms with van der Waals surface area (Å²) in [4.78, 5) is 34.9. The number of hydrogen-bond acceptors (Lipinski definition) is 11. The Balaban J connectivity index is 0.677. The normalized spacial score (nSPS) is 23.2. The van der Waals surface area contributed by atoms with E-state index in [-0.39, 0.29) is 41.0 Å². The molecule has 2 amide bonds. The number of carbonyl (C=O) groups is 2. The monoisotopic (exact) mass is 986 g/mol. The van der Waals surface area contributed by atoms with Crippen molar-refractivity contribution in [2.45, 2.75) is 128 Å². The number of likely N-dealkylation sites (tertiary alicyclic amines) is 1. The molecule has 0 unspecified atom stereocenters. The number of nitriles is 1. The summed E-state index contributed by atoms with van der Waals surface area (Å²) in [5.41, 5.74) is 6.24. The van der Waals surface area contributed by atoms with Gasteiger partial charge in [0.25, 0.3) is 12.3 Å². The first kappa shape index (κ1) is 47.2. The number of aromatic nitrogens is 6. The average Bonchev–Trinajstić information content (AvgIpc) is 3.99. The van der Waals surface area contributed by atoms with Gasteiger partial charge in [-0.25, -0.2) is 8.78 Å². The number of fused-ring (bicyclic) bond motifs is 2.